The lowest BCUT2D eigenvalue weighted by Gasteiger charge is -2.48. The third-order valence-corrected chi connectivity index (χ3v) is 6.03. The molecule has 20 heavy (non-hydrogen) atoms. The zero-order valence-corrected chi connectivity index (χ0v) is 13.2. The lowest BCUT2D eigenvalue weighted by atomic mass is 10.0. The number of fused-ring (bicyclic) bond motifs is 1. The van der Waals surface area contributed by atoms with Gasteiger partial charge < -0.3 is 4.74 Å². The van der Waals surface area contributed by atoms with E-state index in [1.807, 2.05) is 6.07 Å². The molecule has 3 aliphatic rings. The van der Waals surface area contributed by atoms with Crippen molar-refractivity contribution < 1.29 is 4.74 Å². The molecule has 110 valence electrons. The summed E-state index contributed by atoms with van der Waals surface area (Å²) in [5.41, 5.74) is 0. The minimum absolute atomic E-state index is 0.596. The molecule has 0 unspecified atom stereocenters. The predicted octanol–water partition coefficient (Wildman–Crippen LogP) is 2.70. The lowest BCUT2D eigenvalue weighted by Crippen LogP contribution is -2.62. The zero-order chi connectivity index (χ0) is 13.5. The number of piperazine rings is 1. The maximum atomic E-state index is 6.02. The van der Waals surface area contributed by atoms with Crippen LogP contribution < -0.4 is 0 Å². The molecule has 2 saturated heterocycles. The molecule has 1 aliphatic carbocycles. The first-order valence-corrected chi connectivity index (χ1v) is 8.79. The van der Waals surface area contributed by atoms with Gasteiger partial charge in [0.25, 0.3) is 0 Å². The molecule has 2 atom stereocenters. The van der Waals surface area contributed by atoms with Gasteiger partial charge in [0.1, 0.15) is 0 Å². The van der Waals surface area contributed by atoms with Crippen molar-refractivity contribution in [2.45, 2.75) is 31.5 Å². The summed E-state index contributed by atoms with van der Waals surface area (Å²) in [6.07, 6.45) is 2.82. The second-order valence-electron chi connectivity index (χ2n) is 6.27. The molecule has 0 N–H and O–H groups in total. The van der Waals surface area contributed by atoms with Gasteiger partial charge in [0, 0.05) is 43.1 Å². The molecular weight excluding hydrogens is 292 g/mol. The molecule has 0 bridgehead atoms. The Labute approximate surface area is 129 Å². The topological polar surface area (TPSA) is 15.7 Å². The molecule has 5 heteroatoms. The fourth-order valence-corrected chi connectivity index (χ4v) is 4.76. The first-order valence-electron chi connectivity index (χ1n) is 7.59. The number of thiophene rings is 1. The Morgan fingerprint density at radius 3 is 2.90 bits per heavy atom. The van der Waals surface area contributed by atoms with Gasteiger partial charge in [0.15, 0.2) is 0 Å². The van der Waals surface area contributed by atoms with Crippen molar-refractivity contribution in [1.82, 2.24) is 9.80 Å². The molecule has 0 amide bonds. The quantitative estimate of drug-likeness (QED) is 0.853. The number of halogens is 1. The van der Waals surface area contributed by atoms with E-state index in [1.54, 1.807) is 11.3 Å². The summed E-state index contributed by atoms with van der Waals surface area (Å²) >= 11 is 7.73. The summed E-state index contributed by atoms with van der Waals surface area (Å²) in [6.45, 7) is 6.42. The van der Waals surface area contributed by atoms with Crippen LogP contribution in [0.15, 0.2) is 12.1 Å². The van der Waals surface area contributed by atoms with Crippen molar-refractivity contribution >= 4 is 22.9 Å². The van der Waals surface area contributed by atoms with Crippen LogP contribution >= 0.6 is 22.9 Å². The summed E-state index contributed by atoms with van der Waals surface area (Å²) in [5, 5.41) is 0. The molecule has 0 spiro atoms. The smallest absolute Gasteiger partial charge is 0.0931 e. The van der Waals surface area contributed by atoms with E-state index >= 15 is 0 Å². The molecule has 1 saturated carbocycles. The van der Waals surface area contributed by atoms with E-state index in [9.17, 15) is 0 Å². The fourth-order valence-electron chi connectivity index (χ4n) is 3.63. The van der Waals surface area contributed by atoms with E-state index in [1.165, 1.54) is 30.8 Å². The van der Waals surface area contributed by atoms with Gasteiger partial charge in [-0.25, -0.2) is 0 Å². The summed E-state index contributed by atoms with van der Waals surface area (Å²) < 4.78 is 6.77. The van der Waals surface area contributed by atoms with Gasteiger partial charge >= 0.3 is 0 Å². The van der Waals surface area contributed by atoms with E-state index in [0.717, 1.165) is 36.6 Å². The molecule has 1 aromatic rings. The second kappa shape index (κ2) is 5.58. The molecule has 3 nitrogen and oxygen atoms in total. The maximum Gasteiger partial charge on any atom is 0.0931 e. The molecule has 0 radical (unpaired) electrons. The molecule has 4 rings (SSSR count). The molecule has 0 aromatic carbocycles. The monoisotopic (exact) mass is 312 g/mol. The number of ether oxygens (including phenoxy) is 1. The van der Waals surface area contributed by atoms with Crippen LogP contribution in [-0.4, -0.2) is 54.7 Å². The third-order valence-electron chi connectivity index (χ3n) is 4.81. The van der Waals surface area contributed by atoms with Gasteiger partial charge in [0.2, 0.25) is 0 Å². The first-order chi connectivity index (χ1) is 9.79. The number of morpholine rings is 1. The van der Waals surface area contributed by atoms with Crippen molar-refractivity contribution in [1.29, 1.82) is 0 Å². The normalized spacial score (nSPS) is 32.2. The van der Waals surface area contributed by atoms with Crippen molar-refractivity contribution in [2.24, 2.45) is 5.92 Å². The summed E-state index contributed by atoms with van der Waals surface area (Å²) in [4.78, 5) is 6.67. The van der Waals surface area contributed by atoms with Gasteiger partial charge in [-0.3, -0.25) is 9.80 Å². The van der Waals surface area contributed by atoms with Crippen LogP contribution in [0, 0.1) is 5.92 Å². The third kappa shape index (κ3) is 2.77. The standard InChI is InChI=1S/C15H21ClN2OS/c16-15-4-3-13(20-15)8-17-5-6-18-12(7-17)9-19-10-14(18)11-1-2-11/h3-4,11-12,14H,1-2,5-10H2/t12-,14-/m1/s1. The van der Waals surface area contributed by atoms with Crippen LogP contribution in [0.2, 0.25) is 4.34 Å². The Hall–Kier alpha value is -0.130. The van der Waals surface area contributed by atoms with Crippen LogP contribution in [0.3, 0.4) is 0 Å². The van der Waals surface area contributed by atoms with Crippen molar-refractivity contribution in [3.63, 3.8) is 0 Å². The Kier molecular flexibility index (Phi) is 3.77. The highest BCUT2D eigenvalue weighted by Gasteiger charge is 2.42. The van der Waals surface area contributed by atoms with Crippen LogP contribution in [-0.2, 0) is 11.3 Å². The van der Waals surface area contributed by atoms with E-state index in [2.05, 4.69) is 15.9 Å². The average molecular weight is 313 g/mol. The van der Waals surface area contributed by atoms with Crippen LogP contribution in [0.5, 0.6) is 0 Å². The summed E-state index contributed by atoms with van der Waals surface area (Å²) in [6, 6.07) is 5.46. The predicted molar refractivity (Wildman–Crippen MR) is 82.4 cm³/mol. The Morgan fingerprint density at radius 2 is 2.15 bits per heavy atom. The molecule has 3 fully saturated rings. The Morgan fingerprint density at radius 1 is 1.25 bits per heavy atom. The fraction of sp³-hybridized carbons (Fsp3) is 0.733. The highest BCUT2D eigenvalue weighted by Crippen LogP contribution is 2.38. The molecular formula is C15H21ClN2OS. The first kappa shape index (κ1) is 13.5. The highest BCUT2D eigenvalue weighted by atomic mass is 35.5. The second-order valence-corrected chi connectivity index (χ2v) is 8.07. The van der Waals surface area contributed by atoms with Gasteiger partial charge in [-0.15, -0.1) is 11.3 Å². The number of hydrogen-bond donors (Lipinski definition) is 0. The molecule has 3 heterocycles. The number of hydrogen-bond acceptors (Lipinski definition) is 4. The maximum absolute atomic E-state index is 6.02. The van der Waals surface area contributed by atoms with Crippen molar-refractivity contribution in [3.05, 3.63) is 21.3 Å². The van der Waals surface area contributed by atoms with Crippen LogP contribution in [0.25, 0.3) is 0 Å². The average Bonchev–Trinajstić information content (AvgIpc) is 3.22. The SMILES string of the molecule is Clc1ccc(CN2CCN3[C@@H](COC[C@@H]3C3CC3)C2)s1. The number of rotatable bonds is 3. The van der Waals surface area contributed by atoms with E-state index in [4.69, 9.17) is 16.3 Å². The molecule has 2 aliphatic heterocycles. The zero-order valence-electron chi connectivity index (χ0n) is 11.6. The van der Waals surface area contributed by atoms with E-state index < -0.39 is 0 Å². The summed E-state index contributed by atoms with van der Waals surface area (Å²) in [5.74, 6) is 0.917. The van der Waals surface area contributed by atoms with E-state index in [-0.39, 0.29) is 0 Å². The minimum atomic E-state index is 0.596. The van der Waals surface area contributed by atoms with Gasteiger partial charge in [-0.1, -0.05) is 11.6 Å². The number of nitrogens with zero attached hydrogens (tertiary/aromatic N) is 2. The van der Waals surface area contributed by atoms with Crippen molar-refractivity contribution in [2.75, 3.05) is 32.8 Å². The largest absolute Gasteiger partial charge is 0.378 e. The minimum Gasteiger partial charge on any atom is -0.378 e. The molecule has 1 aromatic heterocycles. The van der Waals surface area contributed by atoms with Crippen LogP contribution in [0.4, 0.5) is 0 Å². The summed E-state index contributed by atoms with van der Waals surface area (Å²) in [7, 11) is 0. The van der Waals surface area contributed by atoms with Gasteiger partial charge in [0.05, 0.1) is 17.6 Å². The Bertz CT molecular complexity index is 476. The van der Waals surface area contributed by atoms with Gasteiger partial charge in [-0.05, 0) is 30.9 Å². The lowest BCUT2D eigenvalue weighted by molar-refractivity contribution is -0.0878. The van der Waals surface area contributed by atoms with Gasteiger partial charge in [-0.2, -0.15) is 0 Å². The Balaban J connectivity index is 1.39. The van der Waals surface area contributed by atoms with E-state index in [0.29, 0.717) is 12.1 Å². The van der Waals surface area contributed by atoms with Crippen LogP contribution in [0.1, 0.15) is 17.7 Å². The van der Waals surface area contributed by atoms with Crippen molar-refractivity contribution in [3.8, 4) is 0 Å². The highest BCUT2D eigenvalue weighted by molar-refractivity contribution is 7.16.